The first-order valence-corrected chi connectivity index (χ1v) is 8.83. The molecule has 0 aliphatic carbocycles. The number of fused-ring (bicyclic) bond motifs is 1. The number of benzene rings is 2. The molecule has 4 heteroatoms. The summed E-state index contributed by atoms with van der Waals surface area (Å²) < 4.78 is 5.92. The molecule has 128 valence electrons. The van der Waals surface area contributed by atoms with E-state index in [0.717, 1.165) is 43.5 Å². The van der Waals surface area contributed by atoms with Crippen LogP contribution in [0, 0.1) is 0 Å². The summed E-state index contributed by atoms with van der Waals surface area (Å²) in [7, 11) is 1.97. The third-order valence-electron chi connectivity index (χ3n) is 4.72. The molecule has 1 saturated heterocycles. The topological polar surface area (TPSA) is 41.6 Å². The molecule has 2 aromatic carbocycles. The van der Waals surface area contributed by atoms with E-state index >= 15 is 0 Å². The molecule has 0 saturated carbocycles. The van der Waals surface area contributed by atoms with Gasteiger partial charge in [0.15, 0.2) is 0 Å². The normalized spacial score (nSPS) is 17.9. The SMILES string of the molecule is CNC1CCCN(C(=O)CCCOc2cccc3ccccc23)C1. The quantitative estimate of drug-likeness (QED) is 0.829. The van der Waals surface area contributed by atoms with Crippen LogP contribution in [0.4, 0.5) is 0 Å². The number of hydrogen-bond acceptors (Lipinski definition) is 3. The average molecular weight is 326 g/mol. The highest BCUT2D eigenvalue weighted by Gasteiger charge is 2.21. The van der Waals surface area contributed by atoms with E-state index in [4.69, 9.17) is 4.74 Å². The first kappa shape index (κ1) is 16.8. The van der Waals surface area contributed by atoms with Crippen LogP contribution in [-0.2, 0) is 4.79 Å². The Morgan fingerprint density at radius 1 is 1.25 bits per heavy atom. The second-order valence-corrected chi connectivity index (χ2v) is 6.40. The fraction of sp³-hybridized carbons (Fsp3) is 0.450. The van der Waals surface area contributed by atoms with Gasteiger partial charge in [-0.2, -0.15) is 0 Å². The van der Waals surface area contributed by atoms with Crippen molar-refractivity contribution in [2.24, 2.45) is 0 Å². The van der Waals surface area contributed by atoms with Gasteiger partial charge in [-0.3, -0.25) is 4.79 Å². The Hall–Kier alpha value is -2.07. The zero-order chi connectivity index (χ0) is 16.8. The molecule has 0 spiro atoms. The van der Waals surface area contributed by atoms with Gasteiger partial charge < -0.3 is 15.0 Å². The van der Waals surface area contributed by atoms with Gasteiger partial charge in [-0.15, -0.1) is 0 Å². The maximum atomic E-state index is 12.3. The van der Waals surface area contributed by atoms with Crippen molar-refractivity contribution in [3.05, 3.63) is 42.5 Å². The van der Waals surface area contributed by atoms with Crippen molar-refractivity contribution in [1.82, 2.24) is 10.2 Å². The molecule has 1 fully saturated rings. The van der Waals surface area contributed by atoms with E-state index in [1.165, 1.54) is 5.39 Å². The van der Waals surface area contributed by atoms with Crippen LogP contribution in [0.15, 0.2) is 42.5 Å². The summed E-state index contributed by atoms with van der Waals surface area (Å²) in [4.78, 5) is 14.3. The molecule has 0 aromatic heterocycles. The van der Waals surface area contributed by atoms with Crippen molar-refractivity contribution in [1.29, 1.82) is 0 Å². The Balaban J connectivity index is 1.47. The number of ether oxygens (including phenoxy) is 1. The van der Waals surface area contributed by atoms with Crippen LogP contribution >= 0.6 is 0 Å². The van der Waals surface area contributed by atoms with Gasteiger partial charge in [-0.25, -0.2) is 0 Å². The average Bonchev–Trinajstić information content (AvgIpc) is 2.65. The molecule has 0 bridgehead atoms. The van der Waals surface area contributed by atoms with Crippen LogP contribution in [0.25, 0.3) is 10.8 Å². The lowest BCUT2D eigenvalue weighted by Crippen LogP contribution is -2.46. The van der Waals surface area contributed by atoms with Gasteiger partial charge in [0.2, 0.25) is 5.91 Å². The van der Waals surface area contributed by atoms with E-state index in [1.54, 1.807) is 0 Å². The number of nitrogens with one attached hydrogen (secondary N) is 1. The number of nitrogens with zero attached hydrogens (tertiary/aromatic N) is 1. The van der Waals surface area contributed by atoms with E-state index in [9.17, 15) is 4.79 Å². The summed E-state index contributed by atoms with van der Waals surface area (Å²) in [6, 6.07) is 14.7. The van der Waals surface area contributed by atoms with Crippen LogP contribution in [0.1, 0.15) is 25.7 Å². The Morgan fingerprint density at radius 2 is 2.08 bits per heavy atom. The number of carbonyl (C=O) groups excluding carboxylic acids is 1. The van der Waals surface area contributed by atoms with Gasteiger partial charge in [-0.1, -0.05) is 36.4 Å². The minimum Gasteiger partial charge on any atom is -0.493 e. The van der Waals surface area contributed by atoms with Gasteiger partial charge in [0.1, 0.15) is 5.75 Å². The lowest BCUT2D eigenvalue weighted by atomic mass is 10.1. The van der Waals surface area contributed by atoms with E-state index in [1.807, 2.05) is 36.2 Å². The molecule has 1 amide bonds. The van der Waals surface area contributed by atoms with Crippen molar-refractivity contribution in [3.8, 4) is 5.75 Å². The number of carbonyl (C=O) groups is 1. The fourth-order valence-electron chi connectivity index (χ4n) is 3.32. The molecule has 1 aliphatic rings. The molecule has 0 radical (unpaired) electrons. The molecular formula is C20H26N2O2. The number of likely N-dealkylation sites (N-methyl/N-ethyl adjacent to an activating group) is 1. The first-order chi connectivity index (χ1) is 11.8. The summed E-state index contributed by atoms with van der Waals surface area (Å²) >= 11 is 0. The van der Waals surface area contributed by atoms with Crippen molar-refractivity contribution in [2.45, 2.75) is 31.7 Å². The zero-order valence-corrected chi connectivity index (χ0v) is 14.3. The maximum absolute atomic E-state index is 12.3. The highest BCUT2D eigenvalue weighted by molar-refractivity contribution is 5.88. The molecule has 3 rings (SSSR count). The predicted octanol–water partition coefficient (Wildman–Crippen LogP) is 3.21. The second-order valence-electron chi connectivity index (χ2n) is 6.40. The Labute approximate surface area is 143 Å². The van der Waals surface area contributed by atoms with E-state index in [0.29, 0.717) is 19.1 Å². The molecule has 24 heavy (non-hydrogen) atoms. The summed E-state index contributed by atoms with van der Waals surface area (Å²) in [5.74, 6) is 1.14. The molecule has 1 unspecified atom stereocenters. The predicted molar refractivity (Wildman–Crippen MR) is 97.3 cm³/mol. The number of hydrogen-bond donors (Lipinski definition) is 1. The smallest absolute Gasteiger partial charge is 0.222 e. The van der Waals surface area contributed by atoms with Crippen LogP contribution in [-0.4, -0.2) is 43.6 Å². The third-order valence-corrected chi connectivity index (χ3v) is 4.72. The van der Waals surface area contributed by atoms with Crippen LogP contribution in [0.5, 0.6) is 5.75 Å². The Bertz CT molecular complexity index is 681. The number of piperidine rings is 1. The molecule has 1 atom stereocenters. The van der Waals surface area contributed by atoms with Crippen LogP contribution in [0.2, 0.25) is 0 Å². The van der Waals surface area contributed by atoms with Crippen LogP contribution in [0.3, 0.4) is 0 Å². The number of rotatable bonds is 6. The molecule has 1 aliphatic heterocycles. The molecular weight excluding hydrogens is 300 g/mol. The third kappa shape index (κ3) is 4.06. The van der Waals surface area contributed by atoms with Crippen LogP contribution < -0.4 is 10.1 Å². The van der Waals surface area contributed by atoms with E-state index in [-0.39, 0.29) is 5.91 Å². The highest BCUT2D eigenvalue weighted by Crippen LogP contribution is 2.25. The molecule has 4 nitrogen and oxygen atoms in total. The minimum absolute atomic E-state index is 0.247. The number of likely N-dealkylation sites (tertiary alicyclic amines) is 1. The van der Waals surface area contributed by atoms with Gasteiger partial charge in [0, 0.05) is 30.9 Å². The first-order valence-electron chi connectivity index (χ1n) is 8.83. The van der Waals surface area contributed by atoms with E-state index < -0.39 is 0 Å². The highest BCUT2D eigenvalue weighted by atomic mass is 16.5. The van der Waals surface area contributed by atoms with Gasteiger partial charge in [-0.05, 0) is 37.8 Å². The fourth-order valence-corrected chi connectivity index (χ4v) is 3.32. The van der Waals surface area contributed by atoms with Crippen molar-refractivity contribution < 1.29 is 9.53 Å². The molecule has 1 N–H and O–H groups in total. The zero-order valence-electron chi connectivity index (χ0n) is 14.3. The lowest BCUT2D eigenvalue weighted by Gasteiger charge is -2.32. The standard InChI is InChI=1S/C20H26N2O2/c1-21-17-9-5-13-22(15-17)20(23)12-6-14-24-19-11-4-8-16-7-2-3-10-18(16)19/h2-4,7-8,10-11,17,21H,5-6,9,12-15H2,1H3. The van der Waals surface area contributed by atoms with Crippen molar-refractivity contribution in [3.63, 3.8) is 0 Å². The monoisotopic (exact) mass is 326 g/mol. The van der Waals surface area contributed by atoms with Gasteiger partial charge in [0.05, 0.1) is 6.61 Å². The van der Waals surface area contributed by atoms with Gasteiger partial charge >= 0.3 is 0 Å². The van der Waals surface area contributed by atoms with Crippen molar-refractivity contribution >= 4 is 16.7 Å². The van der Waals surface area contributed by atoms with Gasteiger partial charge in [0.25, 0.3) is 0 Å². The lowest BCUT2D eigenvalue weighted by molar-refractivity contribution is -0.132. The number of amides is 1. The summed E-state index contributed by atoms with van der Waals surface area (Å²) in [6.45, 7) is 2.30. The molecule has 1 heterocycles. The molecule has 2 aromatic rings. The van der Waals surface area contributed by atoms with E-state index in [2.05, 4.69) is 23.5 Å². The Morgan fingerprint density at radius 3 is 2.96 bits per heavy atom. The van der Waals surface area contributed by atoms with Crippen molar-refractivity contribution in [2.75, 3.05) is 26.7 Å². The minimum atomic E-state index is 0.247. The summed E-state index contributed by atoms with van der Waals surface area (Å²) in [5, 5.41) is 5.58. The largest absolute Gasteiger partial charge is 0.493 e. The summed E-state index contributed by atoms with van der Waals surface area (Å²) in [5.41, 5.74) is 0. The maximum Gasteiger partial charge on any atom is 0.222 e. The second kappa shape index (κ2) is 8.15. The Kier molecular flexibility index (Phi) is 5.70. The summed E-state index contributed by atoms with van der Waals surface area (Å²) in [6.07, 6.45) is 3.55.